The predicted octanol–water partition coefficient (Wildman–Crippen LogP) is 1.55. The molecule has 0 radical (unpaired) electrons. The Bertz CT molecular complexity index is 291. The van der Waals surface area contributed by atoms with Gasteiger partial charge in [-0.05, 0) is 31.2 Å². The molecule has 4 heteroatoms. The van der Waals surface area contributed by atoms with Gasteiger partial charge in [0.25, 0.3) is 0 Å². The quantitative estimate of drug-likeness (QED) is 0.776. The van der Waals surface area contributed by atoms with E-state index in [-0.39, 0.29) is 6.61 Å². The molecule has 0 amide bonds. The first-order valence-corrected chi connectivity index (χ1v) is 4.30. The summed E-state index contributed by atoms with van der Waals surface area (Å²) in [5.74, 6) is 0.282. The Morgan fingerprint density at radius 1 is 1.21 bits per heavy atom. The van der Waals surface area contributed by atoms with Crippen molar-refractivity contribution in [3.05, 3.63) is 24.3 Å². The zero-order valence-corrected chi connectivity index (χ0v) is 7.90. The summed E-state index contributed by atoms with van der Waals surface area (Å²) >= 11 is 0. The highest BCUT2D eigenvalue weighted by Gasteiger charge is 1.99. The minimum atomic E-state index is -0.987. The van der Waals surface area contributed by atoms with E-state index in [9.17, 15) is 4.79 Å². The highest BCUT2D eigenvalue weighted by Crippen LogP contribution is 2.17. The zero-order chi connectivity index (χ0) is 10.4. The van der Waals surface area contributed by atoms with Crippen molar-refractivity contribution in [3.8, 4) is 11.5 Å². The van der Waals surface area contributed by atoms with E-state index in [1.165, 1.54) is 0 Å². The van der Waals surface area contributed by atoms with Crippen LogP contribution in [-0.2, 0) is 4.79 Å². The van der Waals surface area contributed by atoms with E-state index < -0.39 is 5.97 Å². The third-order valence-electron chi connectivity index (χ3n) is 1.50. The molecule has 0 aliphatic heterocycles. The summed E-state index contributed by atoms with van der Waals surface area (Å²) in [6.45, 7) is 2.18. The van der Waals surface area contributed by atoms with Gasteiger partial charge in [-0.15, -0.1) is 0 Å². The van der Waals surface area contributed by atoms with Crippen LogP contribution in [-0.4, -0.2) is 24.3 Å². The molecule has 1 aromatic carbocycles. The minimum Gasteiger partial charge on any atom is -0.494 e. The molecule has 0 bridgehead atoms. The number of hydrogen-bond acceptors (Lipinski definition) is 3. The summed E-state index contributed by atoms with van der Waals surface area (Å²) in [7, 11) is 0. The Morgan fingerprint density at radius 3 is 2.14 bits per heavy atom. The number of aliphatic carboxylic acids is 1. The fraction of sp³-hybridized carbons (Fsp3) is 0.300. The third kappa shape index (κ3) is 3.35. The van der Waals surface area contributed by atoms with E-state index in [1.54, 1.807) is 24.3 Å². The fourth-order valence-corrected chi connectivity index (χ4v) is 0.944. The number of benzene rings is 1. The van der Waals surface area contributed by atoms with Crippen LogP contribution in [0.5, 0.6) is 11.5 Å². The summed E-state index contributed by atoms with van der Waals surface area (Å²) < 4.78 is 10.2. The molecule has 76 valence electrons. The van der Waals surface area contributed by atoms with Crippen molar-refractivity contribution < 1.29 is 19.4 Å². The molecular weight excluding hydrogens is 184 g/mol. The maximum Gasteiger partial charge on any atom is 0.341 e. The SMILES string of the molecule is CCOc1ccc(OCC(=O)O)cc1. The highest BCUT2D eigenvalue weighted by molar-refractivity contribution is 5.68. The Labute approximate surface area is 82.1 Å². The van der Waals surface area contributed by atoms with Crippen LogP contribution in [0.2, 0.25) is 0 Å². The molecule has 0 atom stereocenters. The summed E-state index contributed by atoms with van der Waals surface area (Å²) in [4.78, 5) is 10.2. The second-order valence-electron chi connectivity index (χ2n) is 2.59. The van der Waals surface area contributed by atoms with Gasteiger partial charge in [0.2, 0.25) is 0 Å². The van der Waals surface area contributed by atoms with Crippen LogP contribution in [0.1, 0.15) is 6.92 Å². The molecule has 4 nitrogen and oxygen atoms in total. The monoisotopic (exact) mass is 196 g/mol. The number of hydrogen-bond donors (Lipinski definition) is 1. The molecule has 1 N–H and O–H groups in total. The Kier molecular flexibility index (Phi) is 3.79. The smallest absolute Gasteiger partial charge is 0.341 e. The van der Waals surface area contributed by atoms with Crippen LogP contribution < -0.4 is 9.47 Å². The number of carboxylic acids is 1. The predicted molar refractivity (Wildman–Crippen MR) is 50.7 cm³/mol. The lowest BCUT2D eigenvalue weighted by Crippen LogP contribution is -2.09. The number of carbonyl (C=O) groups is 1. The van der Waals surface area contributed by atoms with Crippen LogP contribution in [0.25, 0.3) is 0 Å². The van der Waals surface area contributed by atoms with Crippen LogP contribution in [0, 0.1) is 0 Å². The van der Waals surface area contributed by atoms with Crippen molar-refractivity contribution in [1.82, 2.24) is 0 Å². The number of rotatable bonds is 5. The first-order chi connectivity index (χ1) is 6.72. The van der Waals surface area contributed by atoms with Gasteiger partial charge in [-0.25, -0.2) is 4.79 Å². The van der Waals surface area contributed by atoms with Crippen LogP contribution in [0.3, 0.4) is 0 Å². The molecule has 1 rings (SSSR count). The molecule has 0 saturated carbocycles. The lowest BCUT2D eigenvalue weighted by molar-refractivity contribution is -0.139. The van der Waals surface area contributed by atoms with E-state index in [0.717, 1.165) is 5.75 Å². The van der Waals surface area contributed by atoms with Gasteiger partial charge in [0, 0.05) is 0 Å². The van der Waals surface area contributed by atoms with Crippen LogP contribution in [0.4, 0.5) is 0 Å². The summed E-state index contributed by atoms with van der Waals surface area (Å²) in [5, 5.41) is 8.36. The molecule has 0 saturated heterocycles. The Morgan fingerprint density at radius 2 is 1.71 bits per heavy atom. The van der Waals surface area contributed by atoms with Crippen molar-refractivity contribution in [2.75, 3.05) is 13.2 Å². The topological polar surface area (TPSA) is 55.8 Å². The first-order valence-electron chi connectivity index (χ1n) is 4.30. The fourth-order valence-electron chi connectivity index (χ4n) is 0.944. The second kappa shape index (κ2) is 5.11. The molecule has 0 spiro atoms. The Hall–Kier alpha value is -1.71. The molecule has 0 fully saturated rings. The van der Waals surface area contributed by atoms with Gasteiger partial charge >= 0.3 is 5.97 Å². The highest BCUT2D eigenvalue weighted by atomic mass is 16.5. The van der Waals surface area contributed by atoms with Gasteiger partial charge in [0.1, 0.15) is 11.5 Å². The lowest BCUT2D eigenvalue weighted by atomic mass is 10.3. The van der Waals surface area contributed by atoms with Gasteiger partial charge in [-0.3, -0.25) is 0 Å². The molecule has 0 aliphatic rings. The van der Waals surface area contributed by atoms with Gasteiger partial charge in [-0.2, -0.15) is 0 Å². The number of carboxylic acid groups (broad SMARTS) is 1. The molecule has 1 aromatic rings. The maximum absolute atomic E-state index is 10.2. The van der Waals surface area contributed by atoms with E-state index in [1.807, 2.05) is 6.92 Å². The largest absolute Gasteiger partial charge is 0.494 e. The molecular formula is C10H12O4. The second-order valence-corrected chi connectivity index (χ2v) is 2.59. The van der Waals surface area contributed by atoms with Gasteiger partial charge in [0.15, 0.2) is 6.61 Å². The van der Waals surface area contributed by atoms with E-state index >= 15 is 0 Å². The van der Waals surface area contributed by atoms with Gasteiger partial charge in [0.05, 0.1) is 6.61 Å². The molecule has 14 heavy (non-hydrogen) atoms. The van der Waals surface area contributed by atoms with E-state index in [0.29, 0.717) is 12.4 Å². The van der Waals surface area contributed by atoms with Crippen LogP contribution in [0.15, 0.2) is 24.3 Å². The zero-order valence-electron chi connectivity index (χ0n) is 7.90. The van der Waals surface area contributed by atoms with Crippen molar-refractivity contribution in [2.24, 2.45) is 0 Å². The van der Waals surface area contributed by atoms with E-state index in [2.05, 4.69) is 0 Å². The normalized spacial score (nSPS) is 9.50. The van der Waals surface area contributed by atoms with Gasteiger partial charge in [-0.1, -0.05) is 0 Å². The number of ether oxygens (including phenoxy) is 2. The van der Waals surface area contributed by atoms with Crippen LogP contribution >= 0.6 is 0 Å². The molecule has 0 unspecified atom stereocenters. The third-order valence-corrected chi connectivity index (χ3v) is 1.50. The van der Waals surface area contributed by atoms with Gasteiger partial charge < -0.3 is 14.6 Å². The standard InChI is InChI=1S/C10H12O4/c1-2-13-8-3-5-9(6-4-8)14-7-10(11)12/h3-6H,2,7H2,1H3,(H,11,12). The Balaban J connectivity index is 2.50. The van der Waals surface area contributed by atoms with E-state index in [4.69, 9.17) is 14.6 Å². The lowest BCUT2D eigenvalue weighted by Gasteiger charge is -2.05. The summed E-state index contributed by atoms with van der Waals surface area (Å²) in [6, 6.07) is 6.82. The summed E-state index contributed by atoms with van der Waals surface area (Å²) in [6.07, 6.45) is 0. The maximum atomic E-state index is 10.2. The molecule has 0 heterocycles. The first kappa shape index (κ1) is 10.4. The minimum absolute atomic E-state index is 0.325. The molecule has 0 aromatic heterocycles. The average Bonchev–Trinajstić information content (AvgIpc) is 2.17. The average molecular weight is 196 g/mol. The molecule has 0 aliphatic carbocycles. The summed E-state index contributed by atoms with van der Waals surface area (Å²) in [5.41, 5.74) is 0. The van der Waals surface area contributed by atoms with Crippen molar-refractivity contribution >= 4 is 5.97 Å². The van der Waals surface area contributed by atoms with Crippen molar-refractivity contribution in [3.63, 3.8) is 0 Å². The van der Waals surface area contributed by atoms with Crippen molar-refractivity contribution in [2.45, 2.75) is 6.92 Å². The van der Waals surface area contributed by atoms with Crippen molar-refractivity contribution in [1.29, 1.82) is 0 Å².